The van der Waals surface area contributed by atoms with Crippen molar-refractivity contribution in [3.63, 3.8) is 0 Å². The van der Waals surface area contributed by atoms with Crippen LogP contribution < -0.4 is 0 Å². The molecule has 3 nitrogen and oxygen atoms in total. The summed E-state index contributed by atoms with van der Waals surface area (Å²) in [5, 5.41) is 9.48. The van der Waals surface area contributed by atoms with E-state index in [0.717, 1.165) is 4.90 Å². The quantitative estimate of drug-likeness (QED) is 0.631. The fraction of sp³-hybridized carbons (Fsp3) is 0.417. The molecule has 4 heteroatoms. The van der Waals surface area contributed by atoms with Crippen LogP contribution in [0.3, 0.4) is 0 Å². The number of rotatable bonds is 5. The van der Waals surface area contributed by atoms with Gasteiger partial charge in [-0.1, -0.05) is 18.2 Å². The van der Waals surface area contributed by atoms with E-state index in [9.17, 15) is 9.90 Å². The number of carbonyl (C=O) groups excluding carboxylic acids is 1. The van der Waals surface area contributed by atoms with Crippen molar-refractivity contribution in [2.24, 2.45) is 5.92 Å². The van der Waals surface area contributed by atoms with Crippen LogP contribution in [0.15, 0.2) is 35.2 Å². The summed E-state index contributed by atoms with van der Waals surface area (Å²) in [4.78, 5) is 12.5. The molecule has 0 saturated heterocycles. The molecule has 1 rings (SSSR count). The summed E-state index contributed by atoms with van der Waals surface area (Å²) in [7, 11) is 1.34. The van der Waals surface area contributed by atoms with E-state index in [1.54, 1.807) is 6.92 Å². The number of carbonyl (C=O) groups is 1. The van der Waals surface area contributed by atoms with Gasteiger partial charge >= 0.3 is 5.97 Å². The van der Waals surface area contributed by atoms with Crippen LogP contribution in [0.4, 0.5) is 0 Å². The Morgan fingerprint density at radius 1 is 1.44 bits per heavy atom. The lowest BCUT2D eigenvalue weighted by Gasteiger charge is -2.16. The van der Waals surface area contributed by atoms with E-state index in [4.69, 9.17) is 0 Å². The first-order valence-electron chi connectivity index (χ1n) is 5.09. The lowest BCUT2D eigenvalue weighted by molar-refractivity contribution is -0.147. The van der Waals surface area contributed by atoms with Gasteiger partial charge in [-0.2, -0.15) is 0 Å². The number of thioether (sulfide) groups is 1. The minimum absolute atomic E-state index is 0.363. The van der Waals surface area contributed by atoms with E-state index in [-0.39, 0.29) is 5.97 Å². The smallest absolute Gasteiger partial charge is 0.312 e. The van der Waals surface area contributed by atoms with Crippen molar-refractivity contribution in [3.8, 4) is 0 Å². The van der Waals surface area contributed by atoms with Gasteiger partial charge in [0.15, 0.2) is 0 Å². The maximum absolute atomic E-state index is 11.4. The highest BCUT2D eigenvalue weighted by Crippen LogP contribution is 2.22. The molecular weight excluding hydrogens is 224 g/mol. The predicted molar refractivity (Wildman–Crippen MR) is 64.4 cm³/mol. The average molecular weight is 240 g/mol. The van der Waals surface area contributed by atoms with Crippen LogP contribution >= 0.6 is 11.8 Å². The molecule has 0 heterocycles. The Bertz CT molecular complexity index is 324. The molecular formula is C12H16O3S. The molecule has 2 unspecified atom stereocenters. The number of aliphatic hydroxyl groups is 1. The first-order chi connectivity index (χ1) is 7.65. The molecule has 0 spiro atoms. The number of aliphatic hydroxyl groups excluding tert-OH is 1. The third kappa shape index (κ3) is 3.87. The number of benzene rings is 1. The summed E-state index contributed by atoms with van der Waals surface area (Å²) in [6.07, 6.45) is -0.691. The summed E-state index contributed by atoms with van der Waals surface area (Å²) in [6, 6.07) is 9.77. The Kier molecular flexibility index (Phi) is 5.35. The number of ether oxygens (including phenoxy) is 1. The van der Waals surface area contributed by atoms with E-state index in [0.29, 0.717) is 5.75 Å². The molecule has 0 aliphatic carbocycles. The monoisotopic (exact) mass is 240 g/mol. The van der Waals surface area contributed by atoms with Crippen LogP contribution in [0.25, 0.3) is 0 Å². The Balaban J connectivity index is 2.54. The van der Waals surface area contributed by atoms with E-state index < -0.39 is 12.0 Å². The van der Waals surface area contributed by atoms with Gasteiger partial charge in [0.1, 0.15) is 0 Å². The highest BCUT2D eigenvalue weighted by molar-refractivity contribution is 7.99. The van der Waals surface area contributed by atoms with Gasteiger partial charge in [-0.15, -0.1) is 11.8 Å². The van der Waals surface area contributed by atoms with E-state index in [1.165, 1.54) is 18.9 Å². The Hall–Kier alpha value is -1.00. The van der Waals surface area contributed by atoms with Gasteiger partial charge in [-0.25, -0.2) is 0 Å². The summed E-state index contributed by atoms with van der Waals surface area (Å²) < 4.78 is 4.65. The first kappa shape index (κ1) is 13.1. The van der Waals surface area contributed by atoms with Crippen LogP contribution in [0, 0.1) is 5.92 Å². The molecule has 0 bridgehead atoms. The minimum Gasteiger partial charge on any atom is -0.469 e. The van der Waals surface area contributed by atoms with Crippen molar-refractivity contribution in [2.45, 2.75) is 17.9 Å². The largest absolute Gasteiger partial charge is 0.469 e. The zero-order valence-electron chi connectivity index (χ0n) is 9.42. The summed E-state index contributed by atoms with van der Waals surface area (Å²) >= 11 is 1.54. The molecule has 2 atom stereocenters. The molecule has 1 aromatic carbocycles. The summed E-state index contributed by atoms with van der Waals surface area (Å²) in [6.45, 7) is 1.60. The van der Waals surface area contributed by atoms with Crippen LogP contribution in [-0.2, 0) is 9.53 Å². The van der Waals surface area contributed by atoms with Crippen LogP contribution in [0.2, 0.25) is 0 Å². The molecule has 1 aromatic rings. The topological polar surface area (TPSA) is 46.5 Å². The summed E-state index contributed by atoms with van der Waals surface area (Å²) in [5.41, 5.74) is 0. The zero-order chi connectivity index (χ0) is 12.0. The van der Waals surface area contributed by atoms with Crippen molar-refractivity contribution in [3.05, 3.63) is 30.3 Å². The fourth-order valence-electron chi connectivity index (χ4n) is 1.26. The molecule has 0 aromatic heterocycles. The molecule has 1 N–H and O–H groups in total. The number of methoxy groups -OCH3 is 1. The van der Waals surface area contributed by atoms with E-state index in [2.05, 4.69) is 4.74 Å². The standard InChI is InChI=1S/C12H16O3S/c1-9(13)11(12(14)15-2)8-16-10-6-4-3-5-7-10/h3-7,9,11,13H,8H2,1-2H3. The SMILES string of the molecule is COC(=O)C(CSc1ccccc1)C(C)O. The van der Waals surface area contributed by atoms with E-state index >= 15 is 0 Å². The van der Waals surface area contributed by atoms with Gasteiger partial charge in [-0.05, 0) is 19.1 Å². The van der Waals surface area contributed by atoms with Gasteiger partial charge in [0.2, 0.25) is 0 Å². The molecule has 0 amide bonds. The van der Waals surface area contributed by atoms with Gasteiger partial charge in [0.05, 0.1) is 19.1 Å². The van der Waals surface area contributed by atoms with Crippen LogP contribution in [-0.4, -0.2) is 30.0 Å². The molecule has 16 heavy (non-hydrogen) atoms. The maximum Gasteiger partial charge on any atom is 0.312 e. The first-order valence-corrected chi connectivity index (χ1v) is 6.07. The Labute approximate surface area is 99.8 Å². The zero-order valence-corrected chi connectivity index (χ0v) is 10.2. The van der Waals surface area contributed by atoms with Gasteiger partial charge in [0.25, 0.3) is 0 Å². The van der Waals surface area contributed by atoms with Gasteiger partial charge in [-0.3, -0.25) is 4.79 Å². The van der Waals surface area contributed by atoms with E-state index in [1.807, 2.05) is 30.3 Å². The van der Waals surface area contributed by atoms with Crippen molar-refractivity contribution < 1.29 is 14.6 Å². The average Bonchev–Trinajstić information content (AvgIpc) is 2.30. The highest BCUT2D eigenvalue weighted by atomic mass is 32.2. The minimum atomic E-state index is -0.691. The second-order valence-electron chi connectivity index (χ2n) is 3.49. The van der Waals surface area contributed by atoms with Gasteiger partial charge < -0.3 is 9.84 Å². The highest BCUT2D eigenvalue weighted by Gasteiger charge is 2.24. The second-order valence-corrected chi connectivity index (χ2v) is 4.59. The number of esters is 1. The number of hydrogen-bond acceptors (Lipinski definition) is 4. The van der Waals surface area contributed by atoms with Crippen molar-refractivity contribution in [1.29, 1.82) is 0 Å². The fourth-order valence-corrected chi connectivity index (χ4v) is 2.39. The van der Waals surface area contributed by atoms with Crippen molar-refractivity contribution in [2.75, 3.05) is 12.9 Å². The molecule has 0 fully saturated rings. The molecule has 0 aliphatic rings. The maximum atomic E-state index is 11.4. The lowest BCUT2D eigenvalue weighted by Crippen LogP contribution is -2.29. The van der Waals surface area contributed by atoms with Crippen LogP contribution in [0.1, 0.15) is 6.92 Å². The van der Waals surface area contributed by atoms with Crippen LogP contribution in [0.5, 0.6) is 0 Å². The molecule has 0 radical (unpaired) electrons. The normalized spacial score (nSPS) is 14.2. The number of hydrogen-bond donors (Lipinski definition) is 1. The second kappa shape index (κ2) is 6.55. The van der Waals surface area contributed by atoms with Crippen molar-refractivity contribution >= 4 is 17.7 Å². The molecule has 88 valence electrons. The third-order valence-electron chi connectivity index (χ3n) is 2.26. The van der Waals surface area contributed by atoms with Gasteiger partial charge in [0, 0.05) is 10.6 Å². The Morgan fingerprint density at radius 2 is 2.06 bits per heavy atom. The molecule has 0 aliphatic heterocycles. The van der Waals surface area contributed by atoms with Crippen molar-refractivity contribution in [1.82, 2.24) is 0 Å². The predicted octanol–water partition coefficient (Wildman–Crippen LogP) is 1.95. The Morgan fingerprint density at radius 3 is 2.56 bits per heavy atom. The molecule has 0 saturated carbocycles. The lowest BCUT2D eigenvalue weighted by atomic mass is 10.1. The third-order valence-corrected chi connectivity index (χ3v) is 3.39. The summed E-state index contributed by atoms with van der Waals surface area (Å²) in [5.74, 6) is -0.317.